The first kappa shape index (κ1) is 12.8. The molecule has 0 spiro atoms. The molecule has 4 heteroatoms. The molecule has 0 saturated carbocycles. The second-order valence-corrected chi connectivity index (χ2v) is 6.46. The Kier molecular flexibility index (Phi) is 3.71. The highest BCUT2D eigenvalue weighted by Gasteiger charge is 2.15. The van der Waals surface area contributed by atoms with Crippen molar-refractivity contribution in [1.29, 1.82) is 0 Å². The molecule has 2 aromatic rings. The normalized spacial score (nSPS) is 10.6. The Hall–Kier alpha value is -0.640. The minimum absolute atomic E-state index is 0.0313. The smallest absolute Gasteiger partial charge is 0.203 e. The van der Waals surface area contributed by atoms with Gasteiger partial charge in [0.15, 0.2) is 0 Å². The van der Waals surface area contributed by atoms with Gasteiger partial charge >= 0.3 is 0 Å². The highest BCUT2D eigenvalue weighted by atomic mass is 79.9. The highest BCUT2D eigenvalue weighted by Crippen LogP contribution is 2.27. The largest absolute Gasteiger partial charge is 0.288 e. The quantitative estimate of drug-likeness (QED) is 0.708. The molecule has 0 aliphatic rings. The van der Waals surface area contributed by atoms with Gasteiger partial charge in [-0.3, -0.25) is 4.79 Å². The average molecular weight is 330 g/mol. The molecule has 0 bridgehead atoms. The van der Waals surface area contributed by atoms with Gasteiger partial charge in [0.25, 0.3) is 0 Å². The van der Waals surface area contributed by atoms with E-state index in [0.29, 0.717) is 10.6 Å². The molecular weight excluding hydrogens is 320 g/mol. The van der Waals surface area contributed by atoms with Crippen molar-refractivity contribution < 1.29 is 4.79 Å². The molecule has 1 heterocycles. The maximum atomic E-state index is 12.3. The van der Waals surface area contributed by atoms with Crippen LogP contribution < -0.4 is 0 Å². The Morgan fingerprint density at radius 2 is 1.94 bits per heavy atom. The summed E-state index contributed by atoms with van der Waals surface area (Å²) in [6.07, 6.45) is 0. The summed E-state index contributed by atoms with van der Waals surface area (Å²) in [6.45, 7) is 3.96. The van der Waals surface area contributed by atoms with Crippen molar-refractivity contribution in [1.82, 2.24) is 0 Å². The van der Waals surface area contributed by atoms with Crippen LogP contribution in [0, 0.1) is 13.8 Å². The monoisotopic (exact) mass is 328 g/mol. The van der Waals surface area contributed by atoms with Gasteiger partial charge in [0.1, 0.15) is 0 Å². The van der Waals surface area contributed by atoms with E-state index in [4.69, 9.17) is 11.6 Å². The number of carbonyl (C=O) groups is 1. The van der Waals surface area contributed by atoms with E-state index < -0.39 is 0 Å². The van der Waals surface area contributed by atoms with Gasteiger partial charge in [-0.15, -0.1) is 11.3 Å². The Balaban J connectivity index is 2.47. The number of hydrogen-bond donors (Lipinski definition) is 0. The number of ketones is 1. The third-order valence-electron chi connectivity index (χ3n) is 2.37. The molecule has 0 amide bonds. The van der Waals surface area contributed by atoms with Gasteiger partial charge in [0.2, 0.25) is 5.78 Å². The highest BCUT2D eigenvalue weighted by molar-refractivity contribution is 9.10. The van der Waals surface area contributed by atoms with Gasteiger partial charge < -0.3 is 0 Å². The van der Waals surface area contributed by atoms with Gasteiger partial charge in [0.05, 0.1) is 4.88 Å². The lowest BCUT2D eigenvalue weighted by molar-refractivity contribution is 0.104. The Bertz CT molecular complexity index is 569. The van der Waals surface area contributed by atoms with Crippen LogP contribution in [-0.4, -0.2) is 5.78 Å². The molecule has 17 heavy (non-hydrogen) atoms. The lowest BCUT2D eigenvalue weighted by Crippen LogP contribution is -2.00. The zero-order valence-electron chi connectivity index (χ0n) is 9.38. The third-order valence-corrected chi connectivity index (χ3v) is 4.20. The lowest BCUT2D eigenvalue weighted by atomic mass is 10.1. The van der Waals surface area contributed by atoms with E-state index in [1.165, 1.54) is 11.3 Å². The first-order valence-corrected chi connectivity index (χ1v) is 7.04. The zero-order chi connectivity index (χ0) is 12.6. The van der Waals surface area contributed by atoms with Gasteiger partial charge in [-0.2, -0.15) is 0 Å². The minimum Gasteiger partial charge on any atom is -0.288 e. The van der Waals surface area contributed by atoms with E-state index in [1.807, 2.05) is 19.9 Å². The van der Waals surface area contributed by atoms with Gasteiger partial charge in [-0.1, -0.05) is 27.5 Å². The molecule has 88 valence electrons. The fourth-order valence-corrected chi connectivity index (χ4v) is 3.53. The first-order chi connectivity index (χ1) is 7.97. The summed E-state index contributed by atoms with van der Waals surface area (Å²) < 4.78 is 0.819. The summed E-state index contributed by atoms with van der Waals surface area (Å²) in [7, 11) is 0. The fraction of sp³-hybridized carbons (Fsp3) is 0.154. The van der Waals surface area contributed by atoms with Crippen molar-refractivity contribution in [2.45, 2.75) is 13.8 Å². The molecule has 0 radical (unpaired) electrons. The number of halogens is 2. The maximum Gasteiger partial charge on any atom is 0.203 e. The van der Waals surface area contributed by atoms with E-state index in [9.17, 15) is 4.79 Å². The summed E-state index contributed by atoms with van der Waals surface area (Å²) in [5.74, 6) is 0.0313. The standard InChI is InChI=1S/C13H10BrClOS/c1-7-3-8(2)17-13(7)12(16)9-4-10(14)6-11(15)5-9/h3-6H,1-2H3. The number of thiophene rings is 1. The number of carbonyl (C=O) groups excluding carboxylic acids is 1. The van der Waals surface area contributed by atoms with Crippen molar-refractivity contribution in [3.63, 3.8) is 0 Å². The van der Waals surface area contributed by atoms with Crippen molar-refractivity contribution in [2.24, 2.45) is 0 Å². The summed E-state index contributed by atoms with van der Waals surface area (Å²) in [6, 6.07) is 7.29. The molecule has 0 aliphatic heterocycles. The predicted octanol–water partition coefficient (Wildman–Crippen LogP) is 5.01. The Labute approximate surface area is 118 Å². The van der Waals surface area contributed by atoms with E-state index >= 15 is 0 Å². The third kappa shape index (κ3) is 2.79. The molecule has 1 nitrogen and oxygen atoms in total. The molecule has 0 saturated heterocycles. The van der Waals surface area contributed by atoms with Crippen LogP contribution in [0.3, 0.4) is 0 Å². The summed E-state index contributed by atoms with van der Waals surface area (Å²) in [5, 5.41) is 0.564. The van der Waals surface area contributed by atoms with Crippen LogP contribution in [-0.2, 0) is 0 Å². The lowest BCUT2D eigenvalue weighted by Gasteiger charge is -2.02. The summed E-state index contributed by atoms with van der Waals surface area (Å²) in [4.78, 5) is 14.2. The van der Waals surface area contributed by atoms with Crippen LogP contribution in [0.25, 0.3) is 0 Å². The van der Waals surface area contributed by atoms with Crippen LogP contribution in [0.1, 0.15) is 25.7 Å². The molecule has 0 fully saturated rings. The molecular formula is C13H10BrClOS. The van der Waals surface area contributed by atoms with E-state index in [2.05, 4.69) is 15.9 Å². The van der Waals surface area contributed by atoms with Crippen LogP contribution >= 0.6 is 38.9 Å². The topological polar surface area (TPSA) is 17.1 Å². The van der Waals surface area contributed by atoms with Crippen LogP contribution in [0.4, 0.5) is 0 Å². The Morgan fingerprint density at radius 1 is 1.24 bits per heavy atom. The summed E-state index contributed by atoms with van der Waals surface area (Å²) in [5.41, 5.74) is 1.64. The van der Waals surface area contributed by atoms with Crippen LogP contribution in [0.5, 0.6) is 0 Å². The van der Waals surface area contributed by atoms with Crippen molar-refractivity contribution >= 4 is 44.7 Å². The van der Waals surface area contributed by atoms with Crippen LogP contribution in [0.15, 0.2) is 28.7 Å². The van der Waals surface area contributed by atoms with Crippen molar-refractivity contribution in [3.8, 4) is 0 Å². The second kappa shape index (κ2) is 4.92. The molecule has 0 unspecified atom stereocenters. The average Bonchev–Trinajstić information content (AvgIpc) is 2.55. The SMILES string of the molecule is Cc1cc(C)c(C(=O)c2cc(Cl)cc(Br)c2)s1. The second-order valence-electron chi connectivity index (χ2n) is 3.86. The van der Waals surface area contributed by atoms with E-state index in [0.717, 1.165) is 19.8 Å². The predicted molar refractivity (Wildman–Crippen MR) is 76.4 cm³/mol. The van der Waals surface area contributed by atoms with Crippen molar-refractivity contribution in [2.75, 3.05) is 0 Å². The number of aryl methyl sites for hydroxylation is 2. The van der Waals surface area contributed by atoms with Gasteiger partial charge in [-0.05, 0) is 43.7 Å². The molecule has 1 aromatic heterocycles. The minimum atomic E-state index is 0.0313. The van der Waals surface area contributed by atoms with Gasteiger partial charge in [-0.25, -0.2) is 0 Å². The Morgan fingerprint density at radius 3 is 2.47 bits per heavy atom. The molecule has 1 aromatic carbocycles. The maximum absolute atomic E-state index is 12.3. The molecule has 0 N–H and O–H groups in total. The first-order valence-electron chi connectivity index (χ1n) is 5.05. The van der Waals surface area contributed by atoms with Crippen molar-refractivity contribution in [3.05, 3.63) is 54.6 Å². The molecule has 0 aliphatic carbocycles. The van der Waals surface area contributed by atoms with E-state index in [1.54, 1.807) is 18.2 Å². The molecule has 2 rings (SSSR count). The molecule has 0 atom stereocenters. The number of rotatable bonds is 2. The number of hydrogen-bond acceptors (Lipinski definition) is 2. The van der Waals surface area contributed by atoms with Crippen LogP contribution in [0.2, 0.25) is 5.02 Å². The summed E-state index contributed by atoms with van der Waals surface area (Å²) >= 11 is 10.8. The number of benzene rings is 1. The zero-order valence-corrected chi connectivity index (χ0v) is 12.5. The van der Waals surface area contributed by atoms with E-state index in [-0.39, 0.29) is 5.78 Å². The fourth-order valence-electron chi connectivity index (χ4n) is 1.68. The van der Waals surface area contributed by atoms with Gasteiger partial charge in [0, 0.05) is 19.9 Å².